The number of hydrogen-bond acceptors (Lipinski definition) is 5. The fourth-order valence-electron chi connectivity index (χ4n) is 2.23. The summed E-state index contributed by atoms with van der Waals surface area (Å²) < 4.78 is 24.1. The van der Waals surface area contributed by atoms with Crippen LogP contribution in [0.3, 0.4) is 0 Å². The summed E-state index contributed by atoms with van der Waals surface area (Å²) in [5.41, 5.74) is 0.450. The van der Waals surface area contributed by atoms with Crippen molar-refractivity contribution in [2.75, 3.05) is 18.8 Å². The smallest absolute Gasteiger partial charge is 0.179 e. The maximum atomic E-state index is 12.0. The number of nitrogens with one attached hydrogen (secondary N) is 1. The number of aliphatic hydroxyl groups is 1. The van der Waals surface area contributed by atoms with Crippen LogP contribution in [0.1, 0.15) is 18.4 Å². The van der Waals surface area contributed by atoms with Gasteiger partial charge in [-0.15, -0.1) is 0 Å². The molecular weight excluding hydrogens is 276 g/mol. The number of nitrogens with zero attached hydrogens (tertiary/aromatic N) is 1. The third-order valence-corrected chi connectivity index (χ3v) is 5.27. The standard InChI is InChI=1S/C14H18N2O3S/c15-9-11-1-3-14(4-2-11)20(18,19)6-5-16-10-12-7-13(17)8-12/h1-4,12-13,16-17H,5-8,10H2. The van der Waals surface area contributed by atoms with Crippen LogP contribution in [-0.4, -0.2) is 38.5 Å². The largest absolute Gasteiger partial charge is 0.393 e. The lowest BCUT2D eigenvalue weighted by atomic mass is 9.82. The highest BCUT2D eigenvalue weighted by Gasteiger charge is 2.26. The van der Waals surface area contributed by atoms with Crippen LogP contribution >= 0.6 is 0 Å². The molecule has 1 aromatic rings. The van der Waals surface area contributed by atoms with Crippen molar-refractivity contribution >= 4 is 9.84 Å². The minimum atomic E-state index is -3.30. The molecule has 6 heteroatoms. The molecule has 2 rings (SSSR count). The van der Waals surface area contributed by atoms with Gasteiger partial charge in [0, 0.05) is 6.54 Å². The summed E-state index contributed by atoms with van der Waals surface area (Å²) in [6, 6.07) is 7.92. The van der Waals surface area contributed by atoms with Crippen LogP contribution in [0, 0.1) is 17.2 Å². The van der Waals surface area contributed by atoms with E-state index in [1.807, 2.05) is 6.07 Å². The van der Waals surface area contributed by atoms with Crippen molar-refractivity contribution in [3.63, 3.8) is 0 Å². The molecule has 0 aliphatic heterocycles. The number of sulfone groups is 1. The molecule has 1 fully saturated rings. The van der Waals surface area contributed by atoms with Crippen LogP contribution in [-0.2, 0) is 9.84 Å². The molecule has 0 atom stereocenters. The molecule has 108 valence electrons. The second-order valence-electron chi connectivity index (χ2n) is 5.15. The Hall–Kier alpha value is -1.42. The van der Waals surface area contributed by atoms with E-state index < -0.39 is 9.84 Å². The number of nitriles is 1. The summed E-state index contributed by atoms with van der Waals surface area (Å²) in [7, 11) is -3.30. The fraction of sp³-hybridized carbons (Fsp3) is 0.500. The van der Waals surface area contributed by atoms with Crippen molar-refractivity contribution in [1.29, 1.82) is 5.26 Å². The summed E-state index contributed by atoms with van der Waals surface area (Å²) in [6.07, 6.45) is 1.43. The average molecular weight is 294 g/mol. The van der Waals surface area contributed by atoms with Gasteiger partial charge in [-0.1, -0.05) is 0 Å². The van der Waals surface area contributed by atoms with Crippen LogP contribution in [0.4, 0.5) is 0 Å². The molecule has 0 saturated heterocycles. The molecule has 1 aromatic carbocycles. The van der Waals surface area contributed by atoms with E-state index in [-0.39, 0.29) is 16.8 Å². The van der Waals surface area contributed by atoms with E-state index in [2.05, 4.69) is 5.32 Å². The van der Waals surface area contributed by atoms with Gasteiger partial charge in [0.1, 0.15) is 0 Å². The van der Waals surface area contributed by atoms with Gasteiger partial charge in [-0.3, -0.25) is 0 Å². The highest BCUT2D eigenvalue weighted by molar-refractivity contribution is 7.91. The average Bonchev–Trinajstić information content (AvgIpc) is 2.41. The van der Waals surface area contributed by atoms with E-state index in [1.165, 1.54) is 24.3 Å². The van der Waals surface area contributed by atoms with Crippen LogP contribution in [0.15, 0.2) is 29.2 Å². The van der Waals surface area contributed by atoms with Crippen molar-refractivity contribution in [2.24, 2.45) is 5.92 Å². The van der Waals surface area contributed by atoms with E-state index in [1.54, 1.807) is 0 Å². The first-order valence-corrected chi connectivity index (χ1v) is 8.28. The Kier molecular flexibility index (Phi) is 4.76. The van der Waals surface area contributed by atoms with Gasteiger partial charge < -0.3 is 10.4 Å². The number of benzene rings is 1. The predicted octanol–water partition coefficient (Wildman–Crippen LogP) is 0.692. The monoisotopic (exact) mass is 294 g/mol. The van der Waals surface area contributed by atoms with E-state index in [0.29, 0.717) is 18.0 Å². The zero-order chi connectivity index (χ0) is 14.6. The Morgan fingerprint density at radius 3 is 2.50 bits per heavy atom. The van der Waals surface area contributed by atoms with Crippen LogP contribution in [0.25, 0.3) is 0 Å². The number of hydrogen-bond donors (Lipinski definition) is 2. The molecule has 1 saturated carbocycles. The van der Waals surface area contributed by atoms with Gasteiger partial charge in [0.15, 0.2) is 9.84 Å². The lowest BCUT2D eigenvalue weighted by Gasteiger charge is -2.31. The second kappa shape index (κ2) is 6.35. The van der Waals surface area contributed by atoms with Crippen molar-refractivity contribution in [3.8, 4) is 6.07 Å². The summed E-state index contributed by atoms with van der Waals surface area (Å²) >= 11 is 0. The van der Waals surface area contributed by atoms with Crippen molar-refractivity contribution < 1.29 is 13.5 Å². The first-order valence-electron chi connectivity index (χ1n) is 6.63. The second-order valence-corrected chi connectivity index (χ2v) is 7.26. The first kappa shape index (κ1) is 15.0. The van der Waals surface area contributed by atoms with E-state index in [0.717, 1.165) is 19.4 Å². The molecule has 5 nitrogen and oxygen atoms in total. The highest BCUT2D eigenvalue weighted by atomic mass is 32.2. The third-order valence-electron chi connectivity index (χ3n) is 3.53. The minimum absolute atomic E-state index is 0.0359. The van der Waals surface area contributed by atoms with Gasteiger partial charge in [0.2, 0.25) is 0 Å². The van der Waals surface area contributed by atoms with Crippen LogP contribution in [0.2, 0.25) is 0 Å². The Balaban J connectivity index is 1.79. The fourth-order valence-corrected chi connectivity index (χ4v) is 3.43. The molecular formula is C14H18N2O3S. The summed E-state index contributed by atoms with van der Waals surface area (Å²) in [6.45, 7) is 1.15. The maximum absolute atomic E-state index is 12.0. The number of rotatable bonds is 6. The zero-order valence-corrected chi connectivity index (χ0v) is 11.9. The Morgan fingerprint density at radius 2 is 1.95 bits per heavy atom. The Labute approximate surface area is 119 Å². The van der Waals surface area contributed by atoms with Gasteiger partial charge >= 0.3 is 0 Å². The third kappa shape index (κ3) is 3.79. The van der Waals surface area contributed by atoms with E-state index >= 15 is 0 Å². The molecule has 20 heavy (non-hydrogen) atoms. The summed E-state index contributed by atoms with van der Waals surface area (Å²) in [4.78, 5) is 0.248. The molecule has 1 aliphatic carbocycles. The van der Waals surface area contributed by atoms with Gasteiger partial charge in [-0.2, -0.15) is 5.26 Å². The maximum Gasteiger partial charge on any atom is 0.179 e. The van der Waals surface area contributed by atoms with Gasteiger partial charge in [-0.05, 0) is 49.6 Å². The number of aliphatic hydroxyl groups excluding tert-OH is 1. The van der Waals surface area contributed by atoms with Crippen LogP contribution in [0.5, 0.6) is 0 Å². The summed E-state index contributed by atoms with van der Waals surface area (Å²) in [5.74, 6) is 0.497. The predicted molar refractivity (Wildman–Crippen MR) is 74.8 cm³/mol. The topological polar surface area (TPSA) is 90.2 Å². The lowest BCUT2D eigenvalue weighted by molar-refractivity contribution is 0.0433. The molecule has 0 spiro atoms. The molecule has 2 N–H and O–H groups in total. The molecule has 0 bridgehead atoms. The minimum Gasteiger partial charge on any atom is -0.393 e. The molecule has 0 amide bonds. The highest BCUT2D eigenvalue weighted by Crippen LogP contribution is 2.25. The normalized spacial score (nSPS) is 22.0. The quantitative estimate of drug-likeness (QED) is 0.753. The Morgan fingerprint density at radius 1 is 1.30 bits per heavy atom. The molecule has 0 aromatic heterocycles. The molecule has 0 heterocycles. The van der Waals surface area contributed by atoms with Crippen molar-refractivity contribution in [2.45, 2.75) is 23.8 Å². The van der Waals surface area contributed by atoms with E-state index in [9.17, 15) is 8.42 Å². The SMILES string of the molecule is N#Cc1ccc(S(=O)(=O)CCNCC2CC(O)C2)cc1. The van der Waals surface area contributed by atoms with E-state index in [4.69, 9.17) is 10.4 Å². The van der Waals surface area contributed by atoms with Gasteiger partial charge in [0.05, 0.1) is 28.4 Å². The van der Waals surface area contributed by atoms with Crippen molar-refractivity contribution in [3.05, 3.63) is 29.8 Å². The molecule has 1 aliphatic rings. The van der Waals surface area contributed by atoms with Gasteiger partial charge in [0.25, 0.3) is 0 Å². The van der Waals surface area contributed by atoms with Crippen LogP contribution < -0.4 is 5.32 Å². The van der Waals surface area contributed by atoms with Gasteiger partial charge in [-0.25, -0.2) is 8.42 Å². The first-order chi connectivity index (χ1) is 9.51. The Bertz CT molecular complexity index is 584. The zero-order valence-electron chi connectivity index (χ0n) is 11.1. The molecule has 0 radical (unpaired) electrons. The molecule has 0 unspecified atom stereocenters. The lowest BCUT2D eigenvalue weighted by Crippen LogP contribution is -2.37. The van der Waals surface area contributed by atoms with Crippen molar-refractivity contribution in [1.82, 2.24) is 5.32 Å². The summed E-state index contributed by atoms with van der Waals surface area (Å²) in [5, 5.41) is 20.9.